The molecule has 0 aliphatic heterocycles. The van der Waals surface area contributed by atoms with Crippen molar-refractivity contribution in [2.75, 3.05) is 0 Å². The molecule has 1 aliphatic carbocycles. The SMILES string of the molecule is CC(C)Cn1cc2c(c1)C(O)CCC2. The molecular weight excluding hydrogens is 174 g/mol. The lowest BCUT2D eigenvalue weighted by Crippen LogP contribution is -2.05. The van der Waals surface area contributed by atoms with E-state index in [9.17, 15) is 5.11 Å². The molecule has 1 aromatic rings. The summed E-state index contributed by atoms with van der Waals surface area (Å²) in [5.74, 6) is 0.668. The van der Waals surface area contributed by atoms with Crippen LogP contribution in [0.15, 0.2) is 12.4 Å². The number of hydrogen-bond acceptors (Lipinski definition) is 1. The van der Waals surface area contributed by atoms with Gasteiger partial charge in [0.1, 0.15) is 0 Å². The summed E-state index contributed by atoms with van der Waals surface area (Å²) in [5, 5.41) is 9.80. The Hall–Kier alpha value is -0.760. The fourth-order valence-electron chi connectivity index (χ4n) is 2.25. The Morgan fingerprint density at radius 1 is 1.50 bits per heavy atom. The van der Waals surface area contributed by atoms with Gasteiger partial charge in [0.2, 0.25) is 0 Å². The van der Waals surface area contributed by atoms with Crippen molar-refractivity contribution < 1.29 is 5.11 Å². The zero-order valence-electron chi connectivity index (χ0n) is 9.03. The number of fused-ring (bicyclic) bond motifs is 1. The molecule has 0 aromatic carbocycles. The molecule has 14 heavy (non-hydrogen) atoms. The third kappa shape index (κ3) is 1.85. The number of hydrogen-bond donors (Lipinski definition) is 1. The van der Waals surface area contributed by atoms with Crippen molar-refractivity contribution in [1.29, 1.82) is 0 Å². The molecule has 1 atom stereocenters. The van der Waals surface area contributed by atoms with Crippen molar-refractivity contribution in [2.24, 2.45) is 5.92 Å². The molecule has 0 saturated heterocycles. The number of nitrogens with zero attached hydrogens (tertiary/aromatic N) is 1. The quantitative estimate of drug-likeness (QED) is 0.767. The first-order valence-electron chi connectivity index (χ1n) is 5.53. The Bertz CT molecular complexity index is 314. The molecule has 0 spiro atoms. The Morgan fingerprint density at radius 3 is 2.93 bits per heavy atom. The van der Waals surface area contributed by atoms with Gasteiger partial charge < -0.3 is 9.67 Å². The zero-order chi connectivity index (χ0) is 10.1. The van der Waals surface area contributed by atoms with Gasteiger partial charge in [0.25, 0.3) is 0 Å². The fourth-order valence-corrected chi connectivity index (χ4v) is 2.25. The summed E-state index contributed by atoms with van der Waals surface area (Å²) in [7, 11) is 0. The van der Waals surface area contributed by atoms with E-state index >= 15 is 0 Å². The Balaban J connectivity index is 2.21. The predicted molar refractivity (Wildman–Crippen MR) is 57.2 cm³/mol. The first-order chi connectivity index (χ1) is 6.66. The van der Waals surface area contributed by atoms with Crippen LogP contribution in [0.25, 0.3) is 0 Å². The summed E-state index contributed by atoms with van der Waals surface area (Å²) in [5.41, 5.74) is 2.52. The minimum absolute atomic E-state index is 0.216. The van der Waals surface area contributed by atoms with E-state index in [4.69, 9.17) is 0 Å². The van der Waals surface area contributed by atoms with Crippen LogP contribution in [0.4, 0.5) is 0 Å². The lowest BCUT2D eigenvalue weighted by atomic mass is 9.93. The van der Waals surface area contributed by atoms with Gasteiger partial charge in [-0.1, -0.05) is 13.8 Å². The molecular formula is C12H19NO. The van der Waals surface area contributed by atoms with Gasteiger partial charge in [-0.3, -0.25) is 0 Å². The molecule has 2 nitrogen and oxygen atoms in total. The highest BCUT2D eigenvalue weighted by atomic mass is 16.3. The lowest BCUT2D eigenvalue weighted by Gasteiger charge is -2.16. The first kappa shape index (κ1) is 9.78. The molecule has 1 heterocycles. The molecule has 0 amide bonds. The van der Waals surface area contributed by atoms with Crippen LogP contribution in [-0.2, 0) is 13.0 Å². The molecule has 2 heteroatoms. The minimum atomic E-state index is -0.216. The van der Waals surface area contributed by atoms with Crippen LogP contribution in [0, 0.1) is 5.92 Å². The second kappa shape index (κ2) is 3.77. The number of aliphatic hydroxyl groups excluding tert-OH is 1. The summed E-state index contributed by atoms with van der Waals surface area (Å²) >= 11 is 0. The Labute approximate surface area is 85.6 Å². The second-order valence-electron chi connectivity index (χ2n) is 4.74. The summed E-state index contributed by atoms with van der Waals surface area (Å²) in [6.07, 6.45) is 7.31. The number of aliphatic hydroxyl groups is 1. The molecule has 78 valence electrons. The van der Waals surface area contributed by atoms with Gasteiger partial charge in [0.15, 0.2) is 0 Å². The van der Waals surface area contributed by atoms with Crippen molar-refractivity contribution in [3.63, 3.8) is 0 Å². The van der Waals surface area contributed by atoms with E-state index in [0.29, 0.717) is 5.92 Å². The third-order valence-electron chi connectivity index (χ3n) is 2.86. The van der Waals surface area contributed by atoms with Gasteiger partial charge in [-0.05, 0) is 30.7 Å². The summed E-state index contributed by atoms with van der Waals surface area (Å²) in [6, 6.07) is 0. The predicted octanol–water partition coefficient (Wildman–Crippen LogP) is 2.51. The minimum Gasteiger partial charge on any atom is -0.388 e. The van der Waals surface area contributed by atoms with Gasteiger partial charge in [-0.25, -0.2) is 0 Å². The van der Waals surface area contributed by atoms with Gasteiger partial charge >= 0.3 is 0 Å². The highest BCUT2D eigenvalue weighted by Gasteiger charge is 2.19. The maximum atomic E-state index is 9.80. The molecule has 1 aromatic heterocycles. The largest absolute Gasteiger partial charge is 0.388 e. The van der Waals surface area contributed by atoms with Crippen LogP contribution in [0.5, 0.6) is 0 Å². The molecule has 0 fully saturated rings. The van der Waals surface area contributed by atoms with Crippen LogP contribution in [0.2, 0.25) is 0 Å². The number of aryl methyl sites for hydroxylation is 1. The molecule has 0 radical (unpaired) electrons. The summed E-state index contributed by atoms with van der Waals surface area (Å²) in [4.78, 5) is 0. The maximum Gasteiger partial charge on any atom is 0.0807 e. The van der Waals surface area contributed by atoms with Gasteiger partial charge in [-0.2, -0.15) is 0 Å². The Morgan fingerprint density at radius 2 is 2.29 bits per heavy atom. The van der Waals surface area contributed by atoms with Crippen LogP contribution in [-0.4, -0.2) is 9.67 Å². The van der Waals surface area contributed by atoms with Crippen LogP contribution in [0.3, 0.4) is 0 Å². The normalized spacial score (nSPS) is 21.3. The van der Waals surface area contributed by atoms with Crippen LogP contribution in [0.1, 0.15) is 43.9 Å². The van der Waals surface area contributed by atoms with Crippen molar-refractivity contribution in [2.45, 2.75) is 45.8 Å². The molecule has 2 rings (SSSR count). The lowest BCUT2D eigenvalue weighted by molar-refractivity contribution is 0.157. The Kier molecular flexibility index (Phi) is 2.64. The molecule has 1 unspecified atom stereocenters. The standard InChI is InChI=1S/C12H19NO/c1-9(2)6-13-7-10-4-3-5-12(14)11(10)8-13/h7-9,12,14H,3-6H2,1-2H3. The smallest absolute Gasteiger partial charge is 0.0807 e. The molecule has 0 bridgehead atoms. The van der Waals surface area contributed by atoms with Crippen molar-refractivity contribution >= 4 is 0 Å². The van der Waals surface area contributed by atoms with Crippen LogP contribution < -0.4 is 0 Å². The summed E-state index contributed by atoms with van der Waals surface area (Å²) < 4.78 is 2.23. The van der Waals surface area contributed by atoms with E-state index < -0.39 is 0 Å². The number of rotatable bonds is 2. The van der Waals surface area contributed by atoms with Gasteiger partial charge in [0, 0.05) is 24.5 Å². The van der Waals surface area contributed by atoms with Crippen molar-refractivity contribution in [1.82, 2.24) is 4.57 Å². The third-order valence-corrected chi connectivity index (χ3v) is 2.86. The summed E-state index contributed by atoms with van der Waals surface area (Å²) in [6.45, 7) is 5.49. The van der Waals surface area contributed by atoms with Crippen LogP contribution >= 0.6 is 0 Å². The number of aromatic nitrogens is 1. The fraction of sp³-hybridized carbons (Fsp3) is 0.667. The van der Waals surface area contributed by atoms with Crippen molar-refractivity contribution in [3.05, 3.63) is 23.5 Å². The van der Waals surface area contributed by atoms with E-state index in [2.05, 4.69) is 30.8 Å². The van der Waals surface area contributed by atoms with E-state index in [1.807, 2.05) is 0 Å². The molecule has 1 aliphatic rings. The topological polar surface area (TPSA) is 25.2 Å². The second-order valence-corrected chi connectivity index (χ2v) is 4.74. The highest BCUT2D eigenvalue weighted by Crippen LogP contribution is 2.30. The van der Waals surface area contributed by atoms with Gasteiger partial charge in [0.05, 0.1) is 6.10 Å². The van der Waals surface area contributed by atoms with Crippen molar-refractivity contribution in [3.8, 4) is 0 Å². The molecule has 0 saturated carbocycles. The average molecular weight is 193 g/mol. The zero-order valence-corrected chi connectivity index (χ0v) is 9.03. The average Bonchev–Trinajstić information content (AvgIpc) is 2.47. The van der Waals surface area contributed by atoms with E-state index in [-0.39, 0.29) is 6.10 Å². The highest BCUT2D eigenvalue weighted by molar-refractivity contribution is 5.28. The van der Waals surface area contributed by atoms with E-state index in [1.54, 1.807) is 0 Å². The maximum absolute atomic E-state index is 9.80. The van der Waals surface area contributed by atoms with Gasteiger partial charge in [-0.15, -0.1) is 0 Å². The first-order valence-corrected chi connectivity index (χ1v) is 5.53. The molecule has 1 N–H and O–H groups in total. The van der Waals surface area contributed by atoms with E-state index in [1.165, 1.54) is 5.56 Å². The monoisotopic (exact) mass is 193 g/mol. The van der Waals surface area contributed by atoms with E-state index in [0.717, 1.165) is 31.4 Å².